The molecule has 0 aliphatic rings. The maximum absolute atomic E-state index is 11.3. The van der Waals surface area contributed by atoms with Crippen LogP contribution in [0.25, 0.3) is 0 Å². The van der Waals surface area contributed by atoms with Crippen molar-refractivity contribution in [3.63, 3.8) is 0 Å². The summed E-state index contributed by atoms with van der Waals surface area (Å²) in [6.45, 7) is 9.26. The SMILES string of the molecule is CCCN(CCC)CC(Cl)c1ccc(NC(=O)CC)cc1. The fourth-order valence-corrected chi connectivity index (χ4v) is 2.62. The summed E-state index contributed by atoms with van der Waals surface area (Å²) in [6.07, 6.45) is 2.78. The van der Waals surface area contributed by atoms with Crippen LogP contribution in [0.5, 0.6) is 0 Å². The molecule has 1 aromatic carbocycles. The molecule has 0 saturated carbocycles. The Labute approximate surface area is 133 Å². The maximum Gasteiger partial charge on any atom is 0.224 e. The number of carbonyl (C=O) groups excluding carboxylic acids is 1. The number of rotatable bonds is 9. The lowest BCUT2D eigenvalue weighted by atomic mass is 10.1. The Morgan fingerprint density at radius 2 is 1.71 bits per heavy atom. The summed E-state index contributed by atoms with van der Waals surface area (Å²) in [6, 6.07) is 7.84. The maximum atomic E-state index is 11.3. The molecule has 0 aliphatic carbocycles. The van der Waals surface area contributed by atoms with Gasteiger partial charge in [-0.2, -0.15) is 0 Å². The van der Waals surface area contributed by atoms with Crippen molar-refractivity contribution in [2.24, 2.45) is 0 Å². The first-order valence-corrected chi connectivity index (χ1v) is 8.30. The monoisotopic (exact) mass is 310 g/mol. The molecule has 1 rings (SSSR count). The Morgan fingerprint density at radius 3 is 2.19 bits per heavy atom. The van der Waals surface area contributed by atoms with Crippen molar-refractivity contribution >= 4 is 23.2 Å². The molecule has 1 atom stereocenters. The van der Waals surface area contributed by atoms with Gasteiger partial charge in [-0.25, -0.2) is 0 Å². The predicted octanol–water partition coefficient (Wildman–Crippen LogP) is 4.44. The Bertz CT molecular complexity index is 413. The molecule has 0 aliphatic heterocycles. The van der Waals surface area contributed by atoms with Crippen LogP contribution in [-0.2, 0) is 4.79 Å². The molecule has 4 heteroatoms. The molecule has 1 aromatic rings. The first-order chi connectivity index (χ1) is 10.1. The number of carbonyl (C=O) groups is 1. The van der Waals surface area contributed by atoms with E-state index >= 15 is 0 Å². The number of hydrogen-bond acceptors (Lipinski definition) is 2. The van der Waals surface area contributed by atoms with Crippen LogP contribution in [0.1, 0.15) is 51.0 Å². The summed E-state index contributed by atoms with van der Waals surface area (Å²) < 4.78 is 0. The predicted molar refractivity (Wildman–Crippen MR) is 91.0 cm³/mol. The molecule has 0 radical (unpaired) electrons. The Balaban J connectivity index is 2.61. The van der Waals surface area contributed by atoms with Gasteiger partial charge >= 0.3 is 0 Å². The highest BCUT2D eigenvalue weighted by atomic mass is 35.5. The van der Waals surface area contributed by atoms with E-state index in [-0.39, 0.29) is 11.3 Å². The highest BCUT2D eigenvalue weighted by Gasteiger charge is 2.13. The summed E-state index contributed by atoms with van der Waals surface area (Å²) in [4.78, 5) is 13.8. The lowest BCUT2D eigenvalue weighted by Gasteiger charge is -2.24. The molecule has 1 N–H and O–H groups in total. The zero-order valence-corrected chi connectivity index (χ0v) is 14.1. The summed E-state index contributed by atoms with van der Waals surface area (Å²) in [5, 5.41) is 2.83. The van der Waals surface area contributed by atoms with Gasteiger partial charge in [0.2, 0.25) is 5.91 Å². The van der Waals surface area contributed by atoms with Gasteiger partial charge in [-0.3, -0.25) is 4.79 Å². The standard InChI is InChI=1S/C17H27ClN2O/c1-4-11-20(12-5-2)13-16(18)14-7-9-15(10-8-14)19-17(21)6-3/h7-10,16H,4-6,11-13H2,1-3H3,(H,19,21). The Morgan fingerprint density at radius 1 is 1.14 bits per heavy atom. The van der Waals surface area contributed by atoms with Gasteiger partial charge in [0, 0.05) is 18.7 Å². The molecule has 0 heterocycles. The highest BCUT2D eigenvalue weighted by Crippen LogP contribution is 2.23. The quantitative estimate of drug-likeness (QED) is 0.684. The zero-order chi connectivity index (χ0) is 15.7. The summed E-state index contributed by atoms with van der Waals surface area (Å²) >= 11 is 6.53. The second-order valence-electron chi connectivity index (χ2n) is 5.29. The summed E-state index contributed by atoms with van der Waals surface area (Å²) in [7, 11) is 0. The van der Waals surface area contributed by atoms with E-state index in [1.165, 1.54) is 0 Å². The number of alkyl halides is 1. The molecule has 0 spiro atoms. The third-order valence-corrected chi connectivity index (χ3v) is 3.77. The Hall–Kier alpha value is -1.06. The fourth-order valence-electron chi connectivity index (χ4n) is 2.28. The van der Waals surface area contributed by atoms with E-state index in [4.69, 9.17) is 11.6 Å². The van der Waals surface area contributed by atoms with Crippen LogP contribution < -0.4 is 5.32 Å². The molecule has 0 bridgehead atoms. The average molecular weight is 311 g/mol. The molecular weight excluding hydrogens is 284 g/mol. The van der Waals surface area contributed by atoms with E-state index in [0.29, 0.717) is 6.42 Å². The van der Waals surface area contributed by atoms with E-state index in [2.05, 4.69) is 24.1 Å². The third kappa shape index (κ3) is 6.49. The molecule has 1 amide bonds. The molecule has 0 fully saturated rings. The number of anilines is 1. The van der Waals surface area contributed by atoms with Gasteiger partial charge in [-0.05, 0) is 43.6 Å². The number of nitrogens with one attached hydrogen (secondary N) is 1. The van der Waals surface area contributed by atoms with Crippen molar-refractivity contribution in [2.75, 3.05) is 25.0 Å². The minimum atomic E-state index is -0.0148. The fraction of sp³-hybridized carbons (Fsp3) is 0.588. The normalized spacial score (nSPS) is 12.4. The smallest absolute Gasteiger partial charge is 0.224 e. The van der Waals surface area contributed by atoms with E-state index in [1.54, 1.807) is 0 Å². The van der Waals surface area contributed by atoms with Crippen molar-refractivity contribution in [1.82, 2.24) is 4.90 Å². The number of amides is 1. The van der Waals surface area contributed by atoms with Gasteiger partial charge in [-0.1, -0.05) is 32.9 Å². The van der Waals surface area contributed by atoms with Gasteiger partial charge in [0.15, 0.2) is 0 Å². The number of hydrogen-bond donors (Lipinski definition) is 1. The zero-order valence-electron chi connectivity index (χ0n) is 13.4. The van der Waals surface area contributed by atoms with Gasteiger partial charge in [0.1, 0.15) is 0 Å². The highest BCUT2D eigenvalue weighted by molar-refractivity contribution is 6.21. The van der Waals surface area contributed by atoms with Crippen LogP contribution in [0.2, 0.25) is 0 Å². The van der Waals surface area contributed by atoms with Gasteiger partial charge in [0.25, 0.3) is 0 Å². The van der Waals surface area contributed by atoms with Crippen LogP contribution in [0.4, 0.5) is 5.69 Å². The first-order valence-electron chi connectivity index (χ1n) is 7.86. The molecule has 21 heavy (non-hydrogen) atoms. The number of benzene rings is 1. The van der Waals surface area contributed by atoms with E-state index in [0.717, 1.165) is 43.7 Å². The molecule has 0 aromatic heterocycles. The van der Waals surface area contributed by atoms with Crippen LogP contribution in [-0.4, -0.2) is 30.4 Å². The van der Waals surface area contributed by atoms with Gasteiger partial charge < -0.3 is 10.2 Å². The van der Waals surface area contributed by atoms with E-state index in [1.807, 2.05) is 31.2 Å². The summed E-state index contributed by atoms with van der Waals surface area (Å²) in [5.41, 5.74) is 1.93. The second kappa shape index (κ2) is 9.80. The molecule has 118 valence electrons. The minimum absolute atomic E-state index is 0.0148. The van der Waals surface area contributed by atoms with Crippen molar-refractivity contribution in [1.29, 1.82) is 0 Å². The number of nitrogens with zero attached hydrogens (tertiary/aromatic N) is 1. The van der Waals surface area contributed by atoms with Crippen molar-refractivity contribution in [2.45, 2.75) is 45.4 Å². The average Bonchev–Trinajstić information content (AvgIpc) is 2.48. The minimum Gasteiger partial charge on any atom is -0.326 e. The Kier molecular flexibility index (Phi) is 8.40. The first kappa shape index (κ1) is 18.0. The van der Waals surface area contributed by atoms with Crippen LogP contribution in [0.15, 0.2) is 24.3 Å². The van der Waals surface area contributed by atoms with Crippen LogP contribution in [0.3, 0.4) is 0 Å². The summed E-state index contributed by atoms with van der Waals surface area (Å²) in [5.74, 6) is 0.0299. The molecule has 0 saturated heterocycles. The lowest BCUT2D eigenvalue weighted by molar-refractivity contribution is -0.115. The van der Waals surface area contributed by atoms with E-state index in [9.17, 15) is 4.79 Å². The van der Waals surface area contributed by atoms with Crippen molar-refractivity contribution < 1.29 is 4.79 Å². The second-order valence-corrected chi connectivity index (χ2v) is 5.82. The topological polar surface area (TPSA) is 32.3 Å². The largest absolute Gasteiger partial charge is 0.326 e. The van der Waals surface area contributed by atoms with Gasteiger partial charge in [0.05, 0.1) is 5.38 Å². The van der Waals surface area contributed by atoms with Gasteiger partial charge in [-0.15, -0.1) is 11.6 Å². The van der Waals surface area contributed by atoms with Crippen LogP contribution >= 0.6 is 11.6 Å². The number of halogens is 1. The third-order valence-electron chi connectivity index (χ3n) is 3.38. The lowest BCUT2D eigenvalue weighted by Crippen LogP contribution is -2.28. The molecule has 1 unspecified atom stereocenters. The molecule has 3 nitrogen and oxygen atoms in total. The van der Waals surface area contributed by atoms with Crippen molar-refractivity contribution in [3.05, 3.63) is 29.8 Å². The molecular formula is C17H27ClN2O. The van der Waals surface area contributed by atoms with E-state index < -0.39 is 0 Å². The van der Waals surface area contributed by atoms with Crippen molar-refractivity contribution in [3.8, 4) is 0 Å². The van der Waals surface area contributed by atoms with Crippen LogP contribution in [0, 0.1) is 0 Å².